The van der Waals surface area contributed by atoms with Gasteiger partial charge in [0.25, 0.3) is 5.91 Å². The Hall–Kier alpha value is -2.35. The molecule has 0 bridgehead atoms. The van der Waals surface area contributed by atoms with Gasteiger partial charge in [0.05, 0.1) is 12.1 Å². The SMILES string of the molecule is CC1(c2ccccc2Br)NC(=O)N(Cc2cccc(C(F)(F)F)c2)C1=O. The van der Waals surface area contributed by atoms with Gasteiger partial charge in [0.15, 0.2) is 0 Å². The molecule has 0 spiro atoms. The number of rotatable bonds is 3. The first kappa shape index (κ1) is 18.4. The molecule has 4 nitrogen and oxygen atoms in total. The molecule has 1 aliphatic heterocycles. The van der Waals surface area contributed by atoms with Gasteiger partial charge in [-0.1, -0.05) is 46.3 Å². The van der Waals surface area contributed by atoms with E-state index in [1.54, 1.807) is 31.2 Å². The van der Waals surface area contributed by atoms with Gasteiger partial charge in [-0.25, -0.2) is 4.79 Å². The van der Waals surface area contributed by atoms with Crippen molar-refractivity contribution in [3.8, 4) is 0 Å². The molecule has 8 heteroatoms. The first-order valence-electron chi connectivity index (χ1n) is 7.68. The number of hydrogen-bond donors (Lipinski definition) is 1. The number of benzene rings is 2. The number of carbonyl (C=O) groups excluding carboxylic acids is 2. The van der Waals surface area contributed by atoms with Gasteiger partial charge in [-0.05, 0) is 30.7 Å². The van der Waals surface area contributed by atoms with Crippen molar-refractivity contribution >= 4 is 27.9 Å². The average molecular weight is 427 g/mol. The molecule has 0 radical (unpaired) electrons. The predicted molar refractivity (Wildman–Crippen MR) is 92.0 cm³/mol. The second-order valence-corrected chi connectivity index (χ2v) is 6.98. The maximum Gasteiger partial charge on any atom is 0.416 e. The molecule has 0 saturated carbocycles. The molecule has 0 aromatic heterocycles. The molecule has 1 saturated heterocycles. The van der Waals surface area contributed by atoms with E-state index in [1.807, 2.05) is 0 Å². The van der Waals surface area contributed by atoms with Crippen LogP contribution in [0.2, 0.25) is 0 Å². The number of nitrogens with one attached hydrogen (secondary N) is 1. The Bertz CT molecular complexity index is 885. The maximum absolute atomic E-state index is 12.9. The molecule has 136 valence electrons. The Morgan fingerprint density at radius 2 is 1.81 bits per heavy atom. The molecular formula is C18H14BrF3N2O2. The Labute approximate surface area is 156 Å². The molecule has 1 heterocycles. The quantitative estimate of drug-likeness (QED) is 0.737. The van der Waals surface area contributed by atoms with Crippen LogP contribution in [-0.4, -0.2) is 16.8 Å². The van der Waals surface area contributed by atoms with E-state index in [0.29, 0.717) is 10.0 Å². The van der Waals surface area contributed by atoms with Gasteiger partial charge in [-0.3, -0.25) is 9.69 Å². The Kier molecular flexibility index (Phi) is 4.56. The Morgan fingerprint density at radius 3 is 2.46 bits per heavy atom. The number of alkyl halides is 3. The summed E-state index contributed by atoms with van der Waals surface area (Å²) < 4.78 is 39.2. The van der Waals surface area contributed by atoms with E-state index in [9.17, 15) is 22.8 Å². The van der Waals surface area contributed by atoms with Crippen molar-refractivity contribution < 1.29 is 22.8 Å². The molecule has 0 aliphatic carbocycles. The third kappa shape index (κ3) is 3.21. The molecule has 26 heavy (non-hydrogen) atoms. The van der Waals surface area contributed by atoms with Crippen LogP contribution in [0.4, 0.5) is 18.0 Å². The number of imide groups is 1. The van der Waals surface area contributed by atoms with E-state index in [4.69, 9.17) is 0 Å². The lowest BCUT2D eigenvalue weighted by Crippen LogP contribution is -2.41. The third-order valence-corrected chi connectivity index (χ3v) is 4.97. The highest BCUT2D eigenvalue weighted by Gasteiger charge is 2.49. The van der Waals surface area contributed by atoms with Crippen LogP contribution in [0.1, 0.15) is 23.6 Å². The number of urea groups is 1. The van der Waals surface area contributed by atoms with E-state index in [2.05, 4.69) is 21.2 Å². The summed E-state index contributed by atoms with van der Waals surface area (Å²) in [4.78, 5) is 26.1. The van der Waals surface area contributed by atoms with Crippen LogP contribution in [0.25, 0.3) is 0 Å². The van der Waals surface area contributed by atoms with Crippen LogP contribution in [-0.2, 0) is 23.1 Å². The lowest BCUT2D eigenvalue weighted by molar-refractivity contribution is -0.137. The van der Waals surface area contributed by atoms with E-state index < -0.39 is 29.2 Å². The third-order valence-electron chi connectivity index (χ3n) is 4.28. The Balaban J connectivity index is 1.90. The number of hydrogen-bond acceptors (Lipinski definition) is 2. The second-order valence-electron chi connectivity index (χ2n) is 6.12. The van der Waals surface area contributed by atoms with Gasteiger partial charge < -0.3 is 5.32 Å². The van der Waals surface area contributed by atoms with Crippen LogP contribution in [0.3, 0.4) is 0 Å². The lowest BCUT2D eigenvalue weighted by atomic mass is 9.92. The summed E-state index contributed by atoms with van der Waals surface area (Å²) in [6.45, 7) is 1.33. The monoisotopic (exact) mass is 426 g/mol. The van der Waals surface area contributed by atoms with Crippen molar-refractivity contribution in [2.24, 2.45) is 0 Å². The van der Waals surface area contributed by atoms with Crippen LogP contribution in [0, 0.1) is 0 Å². The van der Waals surface area contributed by atoms with E-state index in [-0.39, 0.29) is 12.1 Å². The summed E-state index contributed by atoms with van der Waals surface area (Å²) >= 11 is 3.36. The number of halogens is 4. The smallest absolute Gasteiger partial charge is 0.319 e. The highest BCUT2D eigenvalue weighted by Crippen LogP contribution is 2.35. The number of carbonyl (C=O) groups is 2. The standard InChI is InChI=1S/C18H14BrF3N2O2/c1-17(13-7-2-3-8-14(13)19)15(25)24(16(26)23-17)10-11-5-4-6-12(9-11)18(20,21)22/h2-9H,10H2,1H3,(H,23,26). The summed E-state index contributed by atoms with van der Waals surface area (Å²) in [6.07, 6.45) is -4.49. The summed E-state index contributed by atoms with van der Waals surface area (Å²) in [5.41, 5.74) is -1.32. The van der Waals surface area contributed by atoms with Crippen LogP contribution in [0.5, 0.6) is 0 Å². The molecule has 2 aromatic carbocycles. The van der Waals surface area contributed by atoms with Crippen molar-refractivity contribution in [1.29, 1.82) is 0 Å². The minimum absolute atomic E-state index is 0.222. The zero-order chi connectivity index (χ0) is 19.1. The first-order valence-corrected chi connectivity index (χ1v) is 8.47. The largest absolute Gasteiger partial charge is 0.416 e. The van der Waals surface area contributed by atoms with Crippen LogP contribution in [0.15, 0.2) is 53.0 Å². The highest BCUT2D eigenvalue weighted by molar-refractivity contribution is 9.10. The van der Waals surface area contributed by atoms with Crippen molar-refractivity contribution in [3.05, 3.63) is 69.7 Å². The fourth-order valence-electron chi connectivity index (χ4n) is 2.92. The first-order chi connectivity index (χ1) is 12.1. The van der Waals surface area contributed by atoms with E-state index in [0.717, 1.165) is 17.0 Å². The summed E-state index contributed by atoms with van der Waals surface area (Å²) in [7, 11) is 0. The van der Waals surface area contributed by atoms with Gasteiger partial charge in [-0.2, -0.15) is 13.2 Å². The maximum atomic E-state index is 12.9. The fraction of sp³-hybridized carbons (Fsp3) is 0.222. The number of amides is 3. The van der Waals surface area contributed by atoms with Crippen LogP contribution >= 0.6 is 15.9 Å². The average Bonchev–Trinajstić information content (AvgIpc) is 2.79. The van der Waals surface area contributed by atoms with Gasteiger partial charge in [0, 0.05) is 10.0 Å². The normalized spacial score (nSPS) is 20.4. The highest BCUT2D eigenvalue weighted by atomic mass is 79.9. The molecule has 1 aliphatic rings. The zero-order valence-electron chi connectivity index (χ0n) is 13.6. The van der Waals surface area contributed by atoms with Crippen molar-refractivity contribution in [2.45, 2.75) is 25.2 Å². The predicted octanol–water partition coefficient (Wildman–Crippen LogP) is 4.44. The lowest BCUT2D eigenvalue weighted by Gasteiger charge is -2.23. The van der Waals surface area contributed by atoms with Gasteiger partial charge in [-0.15, -0.1) is 0 Å². The summed E-state index contributed by atoms with van der Waals surface area (Å²) in [6, 6.07) is 10.9. The molecule has 1 N–H and O–H groups in total. The molecule has 1 unspecified atom stereocenters. The Morgan fingerprint density at radius 1 is 1.12 bits per heavy atom. The number of nitrogens with zero attached hydrogens (tertiary/aromatic N) is 1. The van der Waals surface area contributed by atoms with Gasteiger partial charge >= 0.3 is 12.2 Å². The topological polar surface area (TPSA) is 49.4 Å². The zero-order valence-corrected chi connectivity index (χ0v) is 15.2. The van der Waals surface area contributed by atoms with E-state index >= 15 is 0 Å². The fourth-order valence-corrected chi connectivity index (χ4v) is 3.60. The van der Waals surface area contributed by atoms with Crippen molar-refractivity contribution in [2.75, 3.05) is 0 Å². The molecule has 3 amide bonds. The van der Waals surface area contributed by atoms with Gasteiger partial charge in [0.2, 0.25) is 0 Å². The molecule has 1 fully saturated rings. The van der Waals surface area contributed by atoms with Crippen LogP contribution < -0.4 is 5.32 Å². The molecular weight excluding hydrogens is 413 g/mol. The van der Waals surface area contributed by atoms with E-state index in [1.165, 1.54) is 12.1 Å². The minimum Gasteiger partial charge on any atom is -0.319 e. The molecule has 3 rings (SSSR count). The molecule has 1 atom stereocenters. The second kappa shape index (κ2) is 6.42. The van der Waals surface area contributed by atoms with Crippen molar-refractivity contribution in [1.82, 2.24) is 10.2 Å². The summed E-state index contributed by atoms with van der Waals surface area (Å²) in [5.74, 6) is -0.521. The van der Waals surface area contributed by atoms with Gasteiger partial charge in [0.1, 0.15) is 5.54 Å². The van der Waals surface area contributed by atoms with Crippen molar-refractivity contribution in [3.63, 3.8) is 0 Å². The minimum atomic E-state index is -4.49. The molecule has 2 aromatic rings. The summed E-state index contributed by atoms with van der Waals surface area (Å²) in [5, 5.41) is 2.64.